The zero-order valence-corrected chi connectivity index (χ0v) is 18.5. The monoisotopic (exact) mass is 427 g/mol. The van der Waals surface area contributed by atoms with Gasteiger partial charge in [-0.15, -0.1) is 0 Å². The second-order valence-electron chi connectivity index (χ2n) is 7.83. The van der Waals surface area contributed by atoms with E-state index >= 15 is 0 Å². The van der Waals surface area contributed by atoms with Crippen LogP contribution >= 0.6 is 0 Å². The molecular weight excluding hydrogens is 398 g/mol. The van der Waals surface area contributed by atoms with E-state index in [2.05, 4.69) is 28.9 Å². The quantitative estimate of drug-likeness (QED) is 0.369. The van der Waals surface area contributed by atoms with Crippen molar-refractivity contribution in [2.24, 2.45) is 0 Å². The highest BCUT2D eigenvalue weighted by Crippen LogP contribution is 2.21. The second kappa shape index (κ2) is 10.6. The summed E-state index contributed by atoms with van der Waals surface area (Å²) in [4.78, 5) is 17.5. The molecule has 3 aromatic carbocycles. The van der Waals surface area contributed by atoms with E-state index in [1.165, 1.54) is 5.56 Å². The molecule has 1 N–H and O–H groups in total. The highest BCUT2D eigenvalue weighted by Gasteiger charge is 2.14. The molecule has 0 radical (unpaired) electrons. The smallest absolute Gasteiger partial charge is 0.251 e. The first-order valence-corrected chi connectivity index (χ1v) is 11.2. The number of hydrogen-bond donors (Lipinski definition) is 1. The number of amides is 1. The molecule has 0 spiro atoms. The van der Waals surface area contributed by atoms with Crippen molar-refractivity contribution in [3.05, 3.63) is 95.8 Å². The van der Waals surface area contributed by atoms with Gasteiger partial charge in [-0.25, -0.2) is 4.98 Å². The fourth-order valence-electron chi connectivity index (χ4n) is 3.73. The van der Waals surface area contributed by atoms with Crippen LogP contribution in [0.2, 0.25) is 0 Å². The third-order valence-electron chi connectivity index (χ3n) is 5.48. The Kier molecular flexibility index (Phi) is 7.18. The van der Waals surface area contributed by atoms with E-state index in [0.29, 0.717) is 18.7 Å². The van der Waals surface area contributed by atoms with Crippen molar-refractivity contribution in [3.8, 4) is 5.75 Å². The Balaban J connectivity index is 1.48. The molecule has 1 amide bonds. The van der Waals surface area contributed by atoms with E-state index < -0.39 is 0 Å². The fourth-order valence-corrected chi connectivity index (χ4v) is 3.73. The van der Waals surface area contributed by atoms with Gasteiger partial charge in [0.05, 0.1) is 11.0 Å². The summed E-state index contributed by atoms with van der Waals surface area (Å²) in [6.07, 6.45) is 2.97. The highest BCUT2D eigenvalue weighted by molar-refractivity contribution is 5.97. The molecule has 32 heavy (non-hydrogen) atoms. The van der Waals surface area contributed by atoms with Crippen molar-refractivity contribution >= 4 is 16.9 Å². The van der Waals surface area contributed by atoms with Crippen LogP contribution in [0.5, 0.6) is 5.75 Å². The Hall–Kier alpha value is -3.60. The number of fused-ring (bicyclic) bond motifs is 1. The van der Waals surface area contributed by atoms with Gasteiger partial charge >= 0.3 is 0 Å². The molecule has 4 aromatic rings. The van der Waals surface area contributed by atoms with Crippen LogP contribution in [0.3, 0.4) is 0 Å². The first-order valence-electron chi connectivity index (χ1n) is 11.2. The molecule has 0 saturated carbocycles. The molecule has 5 nitrogen and oxygen atoms in total. The van der Waals surface area contributed by atoms with Gasteiger partial charge in [0, 0.05) is 18.7 Å². The number of hydrogen-bond acceptors (Lipinski definition) is 3. The predicted octanol–water partition coefficient (Wildman–Crippen LogP) is 5.39. The number of aromatic nitrogens is 2. The largest absolute Gasteiger partial charge is 0.486 e. The SMILES string of the molecule is CCCCn1c(COc2ccccc2)nc2cc(C(=O)NCCc3ccccc3)ccc21. The lowest BCUT2D eigenvalue weighted by molar-refractivity contribution is 0.0954. The molecule has 0 aliphatic rings. The molecule has 5 heteroatoms. The summed E-state index contributed by atoms with van der Waals surface area (Å²) in [6, 6.07) is 25.7. The standard InChI is InChI=1S/C27H29N3O2/c1-2-3-18-30-25-15-14-22(27(31)28-17-16-21-10-6-4-7-11-21)19-24(25)29-26(30)20-32-23-12-8-5-9-13-23/h4-15,19H,2-3,16-18,20H2,1H3,(H,28,31). The minimum Gasteiger partial charge on any atom is -0.486 e. The number of imidazole rings is 1. The van der Waals surface area contributed by atoms with Crippen molar-refractivity contribution in [1.82, 2.24) is 14.9 Å². The summed E-state index contributed by atoms with van der Waals surface area (Å²) in [6.45, 7) is 4.04. The summed E-state index contributed by atoms with van der Waals surface area (Å²) in [5, 5.41) is 3.02. The molecule has 0 unspecified atom stereocenters. The van der Waals surface area contributed by atoms with Crippen molar-refractivity contribution in [2.75, 3.05) is 6.54 Å². The third kappa shape index (κ3) is 5.35. The number of unbranched alkanes of at least 4 members (excludes halogenated alkanes) is 1. The molecule has 0 aliphatic carbocycles. The summed E-state index contributed by atoms with van der Waals surface area (Å²) in [5.41, 5.74) is 3.69. The Morgan fingerprint density at radius 3 is 2.50 bits per heavy atom. The fraction of sp³-hybridized carbons (Fsp3) is 0.259. The Bertz CT molecular complexity index is 1150. The lowest BCUT2D eigenvalue weighted by Gasteiger charge is -2.10. The lowest BCUT2D eigenvalue weighted by atomic mass is 10.1. The number of benzene rings is 3. The van der Waals surface area contributed by atoms with Crippen LogP contribution in [0.1, 0.15) is 41.5 Å². The van der Waals surface area contributed by atoms with Crippen LogP contribution in [0.15, 0.2) is 78.9 Å². The molecule has 1 aromatic heterocycles. The highest BCUT2D eigenvalue weighted by atomic mass is 16.5. The van der Waals surface area contributed by atoms with E-state index in [1.54, 1.807) is 0 Å². The van der Waals surface area contributed by atoms with Crippen molar-refractivity contribution in [1.29, 1.82) is 0 Å². The normalized spacial score (nSPS) is 10.9. The molecule has 0 fully saturated rings. The molecule has 164 valence electrons. The summed E-state index contributed by atoms with van der Waals surface area (Å²) < 4.78 is 8.16. The van der Waals surface area contributed by atoms with Crippen LogP contribution in [0.4, 0.5) is 0 Å². The zero-order valence-electron chi connectivity index (χ0n) is 18.5. The minimum atomic E-state index is -0.0759. The van der Waals surface area contributed by atoms with Crippen LogP contribution < -0.4 is 10.1 Å². The first kappa shape index (κ1) is 21.6. The average Bonchev–Trinajstić information content (AvgIpc) is 3.19. The van der Waals surface area contributed by atoms with Crippen molar-refractivity contribution in [3.63, 3.8) is 0 Å². The van der Waals surface area contributed by atoms with E-state index in [1.807, 2.05) is 66.7 Å². The summed E-state index contributed by atoms with van der Waals surface area (Å²) in [7, 11) is 0. The van der Waals surface area contributed by atoms with Crippen molar-refractivity contribution < 1.29 is 9.53 Å². The number of ether oxygens (including phenoxy) is 1. The number of nitrogens with zero attached hydrogens (tertiary/aromatic N) is 2. The van der Waals surface area contributed by atoms with Gasteiger partial charge in [0.2, 0.25) is 0 Å². The van der Waals surface area contributed by atoms with E-state index in [0.717, 1.165) is 48.4 Å². The number of carbonyl (C=O) groups excluding carboxylic acids is 1. The van der Waals surface area contributed by atoms with E-state index in [-0.39, 0.29) is 5.91 Å². The van der Waals surface area contributed by atoms with Crippen LogP contribution in [0, 0.1) is 0 Å². The van der Waals surface area contributed by atoms with Crippen molar-refractivity contribution in [2.45, 2.75) is 39.3 Å². The van der Waals surface area contributed by atoms with E-state index in [9.17, 15) is 4.79 Å². The molecular formula is C27H29N3O2. The zero-order chi connectivity index (χ0) is 22.2. The maximum Gasteiger partial charge on any atom is 0.251 e. The molecule has 0 atom stereocenters. The lowest BCUT2D eigenvalue weighted by Crippen LogP contribution is -2.25. The van der Waals surface area contributed by atoms with E-state index in [4.69, 9.17) is 9.72 Å². The minimum absolute atomic E-state index is 0.0759. The predicted molar refractivity (Wildman–Crippen MR) is 128 cm³/mol. The van der Waals surface area contributed by atoms with Crippen LogP contribution in [0.25, 0.3) is 11.0 Å². The van der Waals surface area contributed by atoms with Gasteiger partial charge in [-0.05, 0) is 48.7 Å². The first-order chi connectivity index (χ1) is 15.7. The van der Waals surface area contributed by atoms with Gasteiger partial charge in [-0.1, -0.05) is 61.9 Å². The summed E-state index contributed by atoms with van der Waals surface area (Å²) >= 11 is 0. The third-order valence-corrected chi connectivity index (χ3v) is 5.48. The van der Waals surface area contributed by atoms with Gasteiger partial charge in [0.25, 0.3) is 5.91 Å². The Morgan fingerprint density at radius 2 is 1.75 bits per heavy atom. The molecule has 0 saturated heterocycles. The number of aryl methyl sites for hydroxylation is 1. The number of rotatable bonds is 10. The molecule has 4 rings (SSSR count). The molecule has 0 aliphatic heterocycles. The Labute approximate surface area is 189 Å². The number of nitrogens with one attached hydrogen (secondary N) is 1. The Morgan fingerprint density at radius 1 is 1.00 bits per heavy atom. The van der Waals surface area contributed by atoms with Gasteiger partial charge in [0.1, 0.15) is 18.2 Å². The summed E-state index contributed by atoms with van der Waals surface area (Å²) in [5.74, 6) is 1.62. The van der Waals surface area contributed by atoms with Gasteiger partial charge in [-0.2, -0.15) is 0 Å². The van der Waals surface area contributed by atoms with Gasteiger partial charge in [-0.3, -0.25) is 4.79 Å². The maximum atomic E-state index is 12.7. The molecule has 0 bridgehead atoms. The average molecular weight is 428 g/mol. The van der Waals surface area contributed by atoms with Gasteiger partial charge in [0.15, 0.2) is 0 Å². The number of carbonyl (C=O) groups is 1. The van der Waals surface area contributed by atoms with Crippen LogP contribution in [-0.4, -0.2) is 22.0 Å². The number of para-hydroxylation sites is 1. The molecule has 1 heterocycles. The topological polar surface area (TPSA) is 56.2 Å². The van der Waals surface area contributed by atoms with Crippen LogP contribution in [-0.2, 0) is 19.6 Å². The second-order valence-corrected chi connectivity index (χ2v) is 7.83. The van der Waals surface area contributed by atoms with Gasteiger partial charge < -0.3 is 14.6 Å². The maximum absolute atomic E-state index is 12.7.